The number of pyridine rings is 1. The Morgan fingerprint density at radius 1 is 1.15 bits per heavy atom. The highest BCUT2D eigenvalue weighted by molar-refractivity contribution is 5.95. The number of amides is 1. The molecule has 4 rings (SSSR count). The number of anilines is 1. The van der Waals surface area contributed by atoms with Crippen molar-refractivity contribution in [2.75, 3.05) is 44.7 Å². The number of carbonyl (C=O) groups excluding carboxylic acids is 1. The molecule has 0 atom stereocenters. The summed E-state index contributed by atoms with van der Waals surface area (Å²) in [5.41, 5.74) is 2.43. The molecule has 0 aliphatic carbocycles. The van der Waals surface area contributed by atoms with E-state index in [9.17, 15) is 9.90 Å². The van der Waals surface area contributed by atoms with Crippen molar-refractivity contribution in [3.63, 3.8) is 0 Å². The number of likely N-dealkylation sites (N-methyl/N-ethyl adjacent to an activating group) is 1. The van der Waals surface area contributed by atoms with Crippen LogP contribution in [-0.4, -0.2) is 75.3 Å². The lowest BCUT2D eigenvalue weighted by Crippen LogP contribution is -2.47. The second-order valence-corrected chi connectivity index (χ2v) is 6.93. The molecule has 138 valence electrons. The van der Waals surface area contributed by atoms with Crippen molar-refractivity contribution in [3.05, 3.63) is 41.3 Å². The van der Waals surface area contributed by atoms with Crippen LogP contribution in [0, 0.1) is 0 Å². The number of piperazine rings is 1. The highest BCUT2D eigenvalue weighted by Crippen LogP contribution is 2.21. The molecule has 2 aliphatic rings. The molecule has 0 unspecified atom stereocenters. The molecular weight excluding hydrogens is 332 g/mol. The number of hydrogen-bond donors (Lipinski definition) is 1. The molecule has 8 heteroatoms. The number of aliphatic hydroxyl groups is 1. The summed E-state index contributed by atoms with van der Waals surface area (Å²) in [6.45, 7) is 5.49. The Morgan fingerprint density at radius 3 is 2.73 bits per heavy atom. The summed E-state index contributed by atoms with van der Waals surface area (Å²) in [4.78, 5) is 23.6. The Bertz CT molecular complexity index is 797. The van der Waals surface area contributed by atoms with Gasteiger partial charge in [0.25, 0.3) is 5.91 Å². The Hall–Kier alpha value is -2.45. The van der Waals surface area contributed by atoms with Gasteiger partial charge in [-0.3, -0.25) is 9.48 Å². The number of carbonyl (C=O) groups is 1. The smallest absolute Gasteiger partial charge is 0.254 e. The standard InChI is InChI=1S/C18H24N6O2/c1-21-4-6-22(7-5-21)18(26)14-2-3-19-17(10-14)23-8-9-24-16(12-23)11-15(13-25)20-24/h2-3,10-11,25H,4-9,12-13H2,1H3. The maximum absolute atomic E-state index is 12.8. The van der Waals surface area contributed by atoms with E-state index >= 15 is 0 Å². The van der Waals surface area contributed by atoms with Crippen LogP contribution in [0.4, 0.5) is 5.82 Å². The number of aliphatic hydroxyl groups excluding tert-OH is 1. The lowest BCUT2D eigenvalue weighted by molar-refractivity contribution is 0.0664. The molecule has 0 spiro atoms. The lowest BCUT2D eigenvalue weighted by Gasteiger charge is -2.33. The maximum atomic E-state index is 12.8. The molecule has 2 aromatic rings. The second-order valence-electron chi connectivity index (χ2n) is 6.93. The fraction of sp³-hybridized carbons (Fsp3) is 0.500. The van der Waals surface area contributed by atoms with E-state index in [1.807, 2.05) is 21.7 Å². The molecule has 2 aromatic heterocycles. The van der Waals surface area contributed by atoms with Gasteiger partial charge in [0, 0.05) is 44.5 Å². The van der Waals surface area contributed by atoms with E-state index in [-0.39, 0.29) is 12.5 Å². The zero-order valence-electron chi connectivity index (χ0n) is 15.0. The minimum absolute atomic E-state index is 0.0484. The summed E-state index contributed by atoms with van der Waals surface area (Å²) >= 11 is 0. The number of aromatic nitrogens is 3. The quantitative estimate of drug-likeness (QED) is 0.845. The van der Waals surface area contributed by atoms with E-state index in [2.05, 4.69) is 26.9 Å². The molecule has 1 N–H and O–H groups in total. The molecular formula is C18H24N6O2. The highest BCUT2D eigenvalue weighted by atomic mass is 16.3. The first-order valence-corrected chi connectivity index (χ1v) is 8.99. The normalized spacial score (nSPS) is 18.1. The fourth-order valence-electron chi connectivity index (χ4n) is 3.52. The van der Waals surface area contributed by atoms with Gasteiger partial charge in [0.05, 0.1) is 31.1 Å². The van der Waals surface area contributed by atoms with Gasteiger partial charge in [-0.1, -0.05) is 0 Å². The van der Waals surface area contributed by atoms with Crippen molar-refractivity contribution in [1.82, 2.24) is 24.6 Å². The van der Waals surface area contributed by atoms with Gasteiger partial charge in [-0.2, -0.15) is 5.10 Å². The second kappa shape index (κ2) is 7.05. The first-order chi connectivity index (χ1) is 12.6. The molecule has 1 saturated heterocycles. The van der Waals surface area contributed by atoms with Crippen LogP contribution in [0.2, 0.25) is 0 Å². The molecule has 2 aliphatic heterocycles. The SMILES string of the molecule is CN1CCN(C(=O)c2ccnc(N3CCn4nc(CO)cc4C3)c2)CC1. The fourth-order valence-corrected chi connectivity index (χ4v) is 3.52. The van der Waals surface area contributed by atoms with Gasteiger partial charge in [-0.05, 0) is 25.2 Å². The largest absolute Gasteiger partial charge is 0.390 e. The van der Waals surface area contributed by atoms with Crippen molar-refractivity contribution in [2.24, 2.45) is 0 Å². The Morgan fingerprint density at radius 2 is 1.96 bits per heavy atom. The van der Waals surface area contributed by atoms with Gasteiger partial charge in [-0.15, -0.1) is 0 Å². The summed E-state index contributed by atoms with van der Waals surface area (Å²) < 4.78 is 1.93. The molecule has 8 nitrogen and oxygen atoms in total. The van der Waals surface area contributed by atoms with E-state index in [4.69, 9.17) is 0 Å². The van der Waals surface area contributed by atoms with Gasteiger partial charge >= 0.3 is 0 Å². The molecule has 0 bridgehead atoms. The van der Waals surface area contributed by atoms with Crippen molar-refractivity contribution in [1.29, 1.82) is 0 Å². The van der Waals surface area contributed by atoms with Crippen molar-refractivity contribution in [2.45, 2.75) is 19.7 Å². The van der Waals surface area contributed by atoms with Crippen molar-refractivity contribution >= 4 is 11.7 Å². The van der Waals surface area contributed by atoms with Crippen molar-refractivity contribution < 1.29 is 9.90 Å². The third kappa shape index (κ3) is 3.30. The zero-order valence-corrected chi connectivity index (χ0v) is 15.0. The zero-order chi connectivity index (χ0) is 18.1. The number of hydrogen-bond acceptors (Lipinski definition) is 6. The molecule has 1 amide bonds. The minimum Gasteiger partial charge on any atom is -0.390 e. The van der Waals surface area contributed by atoms with Crippen LogP contribution in [0.15, 0.2) is 24.4 Å². The highest BCUT2D eigenvalue weighted by Gasteiger charge is 2.23. The van der Waals surface area contributed by atoms with Crippen LogP contribution >= 0.6 is 0 Å². The average Bonchev–Trinajstić information content (AvgIpc) is 3.10. The molecule has 0 saturated carbocycles. The summed E-state index contributed by atoms with van der Waals surface area (Å²) in [7, 11) is 2.08. The number of nitrogens with zero attached hydrogens (tertiary/aromatic N) is 6. The monoisotopic (exact) mass is 356 g/mol. The van der Waals surface area contributed by atoms with E-state index < -0.39 is 0 Å². The van der Waals surface area contributed by atoms with Gasteiger partial charge in [-0.25, -0.2) is 4.98 Å². The van der Waals surface area contributed by atoms with E-state index in [0.717, 1.165) is 50.8 Å². The van der Waals surface area contributed by atoms with Crippen molar-refractivity contribution in [3.8, 4) is 0 Å². The average molecular weight is 356 g/mol. The molecule has 4 heterocycles. The minimum atomic E-state index is -0.0484. The predicted molar refractivity (Wildman–Crippen MR) is 96.8 cm³/mol. The van der Waals surface area contributed by atoms with E-state index in [0.29, 0.717) is 17.8 Å². The summed E-state index contributed by atoms with van der Waals surface area (Å²) in [5, 5.41) is 13.6. The molecule has 0 aromatic carbocycles. The van der Waals surface area contributed by atoms with Crippen LogP contribution in [-0.2, 0) is 19.7 Å². The Labute approximate surface area is 152 Å². The lowest BCUT2D eigenvalue weighted by atomic mass is 10.2. The van der Waals surface area contributed by atoms with Gasteiger partial charge in [0.2, 0.25) is 0 Å². The first kappa shape index (κ1) is 17.0. The summed E-state index contributed by atoms with van der Waals surface area (Å²) in [6.07, 6.45) is 1.71. The van der Waals surface area contributed by atoms with Crippen LogP contribution in [0.25, 0.3) is 0 Å². The topological polar surface area (TPSA) is 77.7 Å². The van der Waals surface area contributed by atoms with E-state index in [1.165, 1.54) is 0 Å². The molecule has 26 heavy (non-hydrogen) atoms. The number of fused-ring (bicyclic) bond motifs is 1. The van der Waals surface area contributed by atoms with Crippen LogP contribution in [0.5, 0.6) is 0 Å². The first-order valence-electron chi connectivity index (χ1n) is 8.99. The summed E-state index contributed by atoms with van der Waals surface area (Å²) in [5.74, 6) is 0.884. The Kier molecular flexibility index (Phi) is 4.60. The van der Waals surface area contributed by atoms with Crippen LogP contribution in [0.3, 0.4) is 0 Å². The molecule has 1 fully saturated rings. The third-order valence-electron chi connectivity index (χ3n) is 5.12. The Balaban J connectivity index is 1.50. The molecule has 0 radical (unpaired) electrons. The maximum Gasteiger partial charge on any atom is 0.254 e. The van der Waals surface area contributed by atoms with Gasteiger partial charge in [0.15, 0.2) is 0 Å². The predicted octanol–water partition coefficient (Wildman–Crippen LogP) is 0.178. The number of rotatable bonds is 3. The van der Waals surface area contributed by atoms with Crippen LogP contribution < -0.4 is 4.90 Å². The summed E-state index contributed by atoms with van der Waals surface area (Å²) in [6, 6.07) is 5.60. The van der Waals surface area contributed by atoms with Gasteiger partial charge < -0.3 is 19.8 Å². The van der Waals surface area contributed by atoms with Gasteiger partial charge in [0.1, 0.15) is 5.82 Å². The van der Waals surface area contributed by atoms with Crippen LogP contribution in [0.1, 0.15) is 21.7 Å². The third-order valence-corrected chi connectivity index (χ3v) is 5.12. The van der Waals surface area contributed by atoms with E-state index in [1.54, 1.807) is 12.3 Å².